The number of rotatable bonds is 3. The molecule has 1 fully saturated rings. The zero-order chi connectivity index (χ0) is 14.1. The van der Waals surface area contributed by atoms with E-state index in [0.717, 1.165) is 42.9 Å². The summed E-state index contributed by atoms with van der Waals surface area (Å²) in [7, 11) is 0. The van der Waals surface area contributed by atoms with Crippen LogP contribution in [0.25, 0.3) is 0 Å². The Morgan fingerprint density at radius 3 is 3.05 bits per heavy atom. The van der Waals surface area contributed by atoms with Crippen molar-refractivity contribution in [2.75, 3.05) is 6.54 Å². The Kier molecular flexibility index (Phi) is 4.13. The zero-order valence-corrected chi connectivity index (χ0v) is 12.8. The monoisotopic (exact) mass is 293 g/mol. The molecule has 0 radical (unpaired) electrons. The molecule has 1 amide bonds. The third-order valence-corrected chi connectivity index (χ3v) is 5.85. The Morgan fingerprint density at radius 2 is 2.30 bits per heavy atom. The fourth-order valence-electron chi connectivity index (χ4n) is 3.38. The number of hydrogen-bond acceptors (Lipinski definition) is 3. The van der Waals surface area contributed by atoms with Gasteiger partial charge in [-0.15, -0.1) is 11.3 Å². The number of fused-ring (bicyclic) bond motifs is 1. The molecule has 1 heterocycles. The highest BCUT2D eigenvalue weighted by Crippen LogP contribution is 2.32. The van der Waals surface area contributed by atoms with Crippen molar-refractivity contribution >= 4 is 17.2 Å². The first-order valence-corrected chi connectivity index (χ1v) is 8.51. The lowest BCUT2D eigenvalue weighted by molar-refractivity contribution is 0.0949. The number of amides is 1. The third kappa shape index (κ3) is 3.07. The Morgan fingerprint density at radius 1 is 1.45 bits per heavy atom. The van der Waals surface area contributed by atoms with Crippen LogP contribution in [0.3, 0.4) is 0 Å². The van der Waals surface area contributed by atoms with Gasteiger partial charge in [0.05, 0.1) is 11.0 Å². The second-order valence-corrected chi connectivity index (χ2v) is 7.59. The van der Waals surface area contributed by atoms with Crippen LogP contribution < -0.4 is 5.32 Å². The minimum Gasteiger partial charge on any atom is -0.393 e. The average molecular weight is 293 g/mol. The lowest BCUT2D eigenvalue weighted by Gasteiger charge is -2.16. The molecule has 3 atom stereocenters. The molecule has 0 aromatic carbocycles. The van der Waals surface area contributed by atoms with Crippen LogP contribution in [0.15, 0.2) is 6.07 Å². The standard InChI is InChI=1S/C16H23NO2S/c1-10-2-5-14-12(6-10)8-15(20-14)16(19)17-9-11-3-4-13(18)7-11/h8,10-11,13,18H,2-7,9H2,1H3,(H,17,19). The lowest BCUT2D eigenvalue weighted by atomic mass is 9.90. The number of thiophene rings is 1. The minimum absolute atomic E-state index is 0.0680. The maximum atomic E-state index is 12.2. The van der Waals surface area contributed by atoms with Crippen LogP contribution in [0, 0.1) is 11.8 Å². The van der Waals surface area contributed by atoms with Gasteiger partial charge in [0, 0.05) is 11.4 Å². The predicted octanol–water partition coefficient (Wildman–Crippen LogP) is 2.76. The average Bonchev–Trinajstić information content (AvgIpc) is 3.01. The van der Waals surface area contributed by atoms with E-state index in [1.165, 1.54) is 16.9 Å². The van der Waals surface area contributed by atoms with Crippen molar-refractivity contribution in [2.45, 2.75) is 51.6 Å². The van der Waals surface area contributed by atoms with Gasteiger partial charge in [0.25, 0.3) is 5.91 Å². The van der Waals surface area contributed by atoms with E-state index in [4.69, 9.17) is 0 Å². The maximum absolute atomic E-state index is 12.2. The third-order valence-electron chi connectivity index (χ3n) is 4.62. The number of aryl methyl sites for hydroxylation is 1. The van der Waals surface area contributed by atoms with Crippen LogP contribution in [0.4, 0.5) is 0 Å². The molecule has 2 aliphatic rings. The van der Waals surface area contributed by atoms with E-state index in [-0.39, 0.29) is 12.0 Å². The quantitative estimate of drug-likeness (QED) is 0.900. The second-order valence-electron chi connectivity index (χ2n) is 6.45. The second kappa shape index (κ2) is 5.86. The van der Waals surface area contributed by atoms with Crippen LogP contribution in [-0.4, -0.2) is 23.7 Å². The molecule has 1 aromatic rings. The van der Waals surface area contributed by atoms with Crippen LogP contribution in [0.1, 0.15) is 52.7 Å². The first kappa shape index (κ1) is 14.1. The van der Waals surface area contributed by atoms with Crippen molar-refractivity contribution in [2.24, 2.45) is 11.8 Å². The van der Waals surface area contributed by atoms with Gasteiger partial charge in [0.1, 0.15) is 0 Å². The van der Waals surface area contributed by atoms with Gasteiger partial charge in [0.15, 0.2) is 0 Å². The summed E-state index contributed by atoms with van der Waals surface area (Å²) >= 11 is 1.67. The summed E-state index contributed by atoms with van der Waals surface area (Å²) in [5.41, 5.74) is 1.38. The van der Waals surface area contributed by atoms with E-state index in [9.17, 15) is 9.90 Å². The largest absolute Gasteiger partial charge is 0.393 e. The van der Waals surface area contributed by atoms with Gasteiger partial charge in [-0.1, -0.05) is 6.92 Å². The molecule has 0 aliphatic heterocycles. The number of hydrogen-bond donors (Lipinski definition) is 2. The van der Waals surface area contributed by atoms with Gasteiger partial charge in [0.2, 0.25) is 0 Å². The SMILES string of the molecule is CC1CCc2sc(C(=O)NCC3CCC(O)C3)cc2C1. The Bertz CT molecular complexity index is 497. The van der Waals surface area contributed by atoms with Crippen molar-refractivity contribution in [3.8, 4) is 0 Å². The van der Waals surface area contributed by atoms with Crippen LogP contribution >= 0.6 is 11.3 Å². The van der Waals surface area contributed by atoms with Gasteiger partial charge in [-0.2, -0.15) is 0 Å². The van der Waals surface area contributed by atoms with E-state index in [0.29, 0.717) is 12.5 Å². The highest BCUT2D eigenvalue weighted by Gasteiger charge is 2.24. The topological polar surface area (TPSA) is 49.3 Å². The summed E-state index contributed by atoms with van der Waals surface area (Å²) in [6.07, 6.45) is 6.07. The molecule has 2 aliphatic carbocycles. The Hall–Kier alpha value is -0.870. The van der Waals surface area contributed by atoms with Crippen molar-refractivity contribution in [1.29, 1.82) is 0 Å². The molecule has 2 N–H and O–H groups in total. The molecule has 1 aromatic heterocycles. The first-order chi connectivity index (χ1) is 9.61. The minimum atomic E-state index is -0.160. The number of aliphatic hydroxyl groups is 1. The normalized spacial score (nSPS) is 29.2. The summed E-state index contributed by atoms with van der Waals surface area (Å²) in [5.74, 6) is 1.26. The van der Waals surface area contributed by atoms with Crippen molar-refractivity contribution in [3.05, 3.63) is 21.4 Å². The summed E-state index contributed by atoms with van der Waals surface area (Å²) in [6, 6.07) is 2.09. The van der Waals surface area contributed by atoms with Gasteiger partial charge < -0.3 is 10.4 Å². The number of aliphatic hydroxyl groups excluding tert-OH is 1. The predicted molar refractivity (Wildman–Crippen MR) is 81.2 cm³/mol. The molecule has 3 nitrogen and oxygen atoms in total. The fraction of sp³-hybridized carbons (Fsp3) is 0.688. The van der Waals surface area contributed by atoms with Crippen LogP contribution in [0.5, 0.6) is 0 Å². The summed E-state index contributed by atoms with van der Waals surface area (Å²) < 4.78 is 0. The van der Waals surface area contributed by atoms with Crippen LogP contribution in [0.2, 0.25) is 0 Å². The molecule has 3 rings (SSSR count). The molecule has 0 saturated heterocycles. The van der Waals surface area contributed by atoms with E-state index < -0.39 is 0 Å². The molecular weight excluding hydrogens is 270 g/mol. The smallest absolute Gasteiger partial charge is 0.261 e. The summed E-state index contributed by atoms with van der Waals surface area (Å²) in [5, 5.41) is 12.5. The van der Waals surface area contributed by atoms with Crippen molar-refractivity contribution < 1.29 is 9.90 Å². The Labute approximate surface area is 124 Å². The first-order valence-electron chi connectivity index (χ1n) is 7.69. The van der Waals surface area contributed by atoms with Gasteiger partial charge in [-0.05, 0) is 62.0 Å². The van der Waals surface area contributed by atoms with Gasteiger partial charge in [-0.3, -0.25) is 4.79 Å². The number of nitrogens with one attached hydrogen (secondary N) is 1. The maximum Gasteiger partial charge on any atom is 0.261 e. The molecule has 3 unspecified atom stereocenters. The van der Waals surface area contributed by atoms with E-state index in [1.807, 2.05) is 0 Å². The highest BCUT2D eigenvalue weighted by atomic mass is 32.1. The molecule has 0 bridgehead atoms. The summed E-state index contributed by atoms with van der Waals surface area (Å²) in [6.45, 7) is 2.99. The van der Waals surface area contributed by atoms with Crippen LogP contribution in [-0.2, 0) is 12.8 Å². The molecule has 1 saturated carbocycles. The zero-order valence-electron chi connectivity index (χ0n) is 12.0. The fourth-order valence-corrected chi connectivity index (χ4v) is 4.50. The number of carbonyl (C=O) groups excluding carboxylic acids is 1. The molecule has 0 spiro atoms. The van der Waals surface area contributed by atoms with E-state index in [1.54, 1.807) is 11.3 Å². The lowest BCUT2D eigenvalue weighted by Crippen LogP contribution is -2.28. The van der Waals surface area contributed by atoms with E-state index >= 15 is 0 Å². The van der Waals surface area contributed by atoms with E-state index in [2.05, 4.69) is 18.3 Å². The number of carbonyl (C=O) groups is 1. The van der Waals surface area contributed by atoms with Crippen molar-refractivity contribution in [1.82, 2.24) is 5.32 Å². The molecule has 20 heavy (non-hydrogen) atoms. The van der Waals surface area contributed by atoms with Crippen molar-refractivity contribution in [3.63, 3.8) is 0 Å². The van der Waals surface area contributed by atoms with Gasteiger partial charge >= 0.3 is 0 Å². The highest BCUT2D eigenvalue weighted by molar-refractivity contribution is 7.14. The Balaban J connectivity index is 1.57. The molecule has 4 heteroatoms. The molecular formula is C16H23NO2S. The molecule has 110 valence electrons. The summed E-state index contributed by atoms with van der Waals surface area (Å²) in [4.78, 5) is 14.5. The van der Waals surface area contributed by atoms with Gasteiger partial charge in [-0.25, -0.2) is 0 Å².